The molecule has 0 saturated heterocycles. The lowest BCUT2D eigenvalue weighted by atomic mass is 9.75. The number of rotatable bonds is 6. The van der Waals surface area contributed by atoms with Crippen molar-refractivity contribution in [3.63, 3.8) is 0 Å². The molecule has 2 aromatic carbocycles. The molecule has 2 atom stereocenters. The summed E-state index contributed by atoms with van der Waals surface area (Å²) in [5.41, 5.74) is 4.10. The van der Waals surface area contributed by atoms with E-state index in [1.54, 1.807) is 13.0 Å². The molecule has 1 aliphatic carbocycles. The third-order valence-electron chi connectivity index (χ3n) is 5.16. The van der Waals surface area contributed by atoms with Gasteiger partial charge in [0.25, 0.3) is 0 Å². The summed E-state index contributed by atoms with van der Waals surface area (Å²) < 4.78 is 5.19. The van der Waals surface area contributed by atoms with Gasteiger partial charge in [-0.15, -0.1) is 0 Å². The van der Waals surface area contributed by atoms with E-state index in [9.17, 15) is 9.59 Å². The van der Waals surface area contributed by atoms with Crippen LogP contribution in [-0.2, 0) is 14.3 Å². The largest absolute Gasteiger partial charge is 0.465 e. The summed E-state index contributed by atoms with van der Waals surface area (Å²) in [6.07, 6.45) is 6.18. The number of allylic oxidation sites excluding steroid dienone is 3. The van der Waals surface area contributed by atoms with Crippen LogP contribution in [0.25, 0.3) is 6.08 Å². The van der Waals surface area contributed by atoms with Gasteiger partial charge >= 0.3 is 5.97 Å². The number of carbonyl (C=O) groups excluding carboxylic acids is 2. The maximum absolute atomic E-state index is 12.8. The van der Waals surface area contributed by atoms with E-state index in [0.717, 1.165) is 22.4 Å². The first-order chi connectivity index (χ1) is 14.0. The minimum atomic E-state index is -0.783. The monoisotopic (exact) mass is 389 g/mol. The van der Waals surface area contributed by atoms with Crippen molar-refractivity contribution in [2.75, 3.05) is 25.6 Å². The van der Waals surface area contributed by atoms with Crippen LogP contribution in [0.15, 0.2) is 72.3 Å². The van der Waals surface area contributed by atoms with E-state index in [2.05, 4.69) is 17.0 Å². The highest BCUT2D eigenvalue weighted by Gasteiger charge is 2.38. The predicted molar refractivity (Wildman–Crippen MR) is 117 cm³/mol. The molecule has 0 aromatic heterocycles. The van der Waals surface area contributed by atoms with E-state index in [-0.39, 0.29) is 18.3 Å². The molecule has 29 heavy (non-hydrogen) atoms. The number of benzene rings is 2. The van der Waals surface area contributed by atoms with Crippen molar-refractivity contribution < 1.29 is 14.3 Å². The fraction of sp³-hybridized carbons (Fsp3) is 0.280. The molecule has 2 aromatic rings. The van der Waals surface area contributed by atoms with Crippen LogP contribution in [-0.4, -0.2) is 32.5 Å². The van der Waals surface area contributed by atoms with Gasteiger partial charge in [-0.2, -0.15) is 0 Å². The van der Waals surface area contributed by atoms with Gasteiger partial charge in [-0.3, -0.25) is 9.59 Å². The van der Waals surface area contributed by atoms with E-state index in [1.807, 2.05) is 68.7 Å². The highest BCUT2D eigenvalue weighted by Crippen LogP contribution is 2.37. The molecule has 1 aliphatic rings. The van der Waals surface area contributed by atoms with Gasteiger partial charge in [-0.25, -0.2) is 0 Å². The summed E-state index contributed by atoms with van der Waals surface area (Å²) in [5, 5.41) is 0. The minimum absolute atomic E-state index is 0.189. The molecule has 0 fully saturated rings. The second kappa shape index (κ2) is 9.37. The molecule has 4 heteroatoms. The zero-order chi connectivity index (χ0) is 20.8. The predicted octanol–water partition coefficient (Wildman–Crippen LogP) is 4.63. The second-order valence-electron chi connectivity index (χ2n) is 7.39. The van der Waals surface area contributed by atoms with Crippen LogP contribution in [0.2, 0.25) is 0 Å². The topological polar surface area (TPSA) is 46.6 Å². The van der Waals surface area contributed by atoms with Gasteiger partial charge in [-0.1, -0.05) is 54.6 Å². The smallest absolute Gasteiger partial charge is 0.317 e. The molecule has 0 aliphatic heterocycles. The van der Waals surface area contributed by atoms with Crippen LogP contribution in [0.3, 0.4) is 0 Å². The SMILES string of the molecule is CCOC(=O)[C@@H]1C(=O)C=C(/C=C\c2ccc(N(C)C)cc2)C[C@@H]1c1ccccc1. The highest BCUT2D eigenvalue weighted by molar-refractivity contribution is 6.07. The minimum Gasteiger partial charge on any atom is -0.465 e. The van der Waals surface area contributed by atoms with Crippen molar-refractivity contribution in [3.8, 4) is 0 Å². The summed E-state index contributed by atoms with van der Waals surface area (Å²) >= 11 is 0. The maximum Gasteiger partial charge on any atom is 0.317 e. The summed E-state index contributed by atoms with van der Waals surface area (Å²) in [6.45, 7) is 2.03. The van der Waals surface area contributed by atoms with Gasteiger partial charge in [0.05, 0.1) is 6.61 Å². The molecule has 0 N–H and O–H groups in total. The summed E-state index contributed by atoms with van der Waals surface area (Å²) in [6, 6.07) is 18.0. The Morgan fingerprint density at radius 2 is 1.76 bits per heavy atom. The summed E-state index contributed by atoms with van der Waals surface area (Å²) in [4.78, 5) is 27.3. The fourth-order valence-electron chi connectivity index (χ4n) is 3.63. The van der Waals surface area contributed by atoms with Gasteiger partial charge in [0.15, 0.2) is 5.78 Å². The number of ether oxygens (including phenoxy) is 1. The highest BCUT2D eigenvalue weighted by atomic mass is 16.5. The first kappa shape index (κ1) is 20.6. The van der Waals surface area contributed by atoms with Gasteiger partial charge in [0.1, 0.15) is 5.92 Å². The van der Waals surface area contributed by atoms with Crippen molar-refractivity contribution in [3.05, 3.63) is 83.4 Å². The van der Waals surface area contributed by atoms with E-state index < -0.39 is 11.9 Å². The van der Waals surface area contributed by atoms with Crippen LogP contribution in [0.4, 0.5) is 5.69 Å². The Kier molecular flexibility index (Phi) is 6.65. The van der Waals surface area contributed by atoms with E-state index in [1.165, 1.54) is 0 Å². The molecule has 0 saturated carbocycles. The normalized spacial score (nSPS) is 19.1. The summed E-state index contributed by atoms with van der Waals surface area (Å²) in [5.74, 6) is -1.63. The molecule has 0 radical (unpaired) electrons. The first-order valence-corrected chi connectivity index (χ1v) is 9.91. The molecule has 0 heterocycles. The Morgan fingerprint density at radius 3 is 2.38 bits per heavy atom. The zero-order valence-corrected chi connectivity index (χ0v) is 17.2. The third-order valence-corrected chi connectivity index (χ3v) is 5.16. The van der Waals surface area contributed by atoms with Crippen LogP contribution in [0.5, 0.6) is 0 Å². The second-order valence-corrected chi connectivity index (χ2v) is 7.39. The molecule has 0 amide bonds. The van der Waals surface area contributed by atoms with Crippen LogP contribution in [0.1, 0.15) is 30.4 Å². The maximum atomic E-state index is 12.8. The Labute approximate surface area is 172 Å². The molecule has 0 unspecified atom stereocenters. The Balaban J connectivity index is 1.85. The van der Waals surface area contributed by atoms with Crippen molar-refractivity contribution in [2.45, 2.75) is 19.3 Å². The van der Waals surface area contributed by atoms with Gasteiger partial charge in [-0.05, 0) is 48.3 Å². The molecule has 4 nitrogen and oxygen atoms in total. The number of nitrogens with zero attached hydrogens (tertiary/aromatic N) is 1. The van der Waals surface area contributed by atoms with E-state index >= 15 is 0 Å². The molecule has 0 bridgehead atoms. The van der Waals surface area contributed by atoms with Crippen molar-refractivity contribution in [1.82, 2.24) is 0 Å². The average Bonchev–Trinajstić information content (AvgIpc) is 2.73. The Morgan fingerprint density at radius 1 is 1.07 bits per heavy atom. The lowest BCUT2D eigenvalue weighted by Gasteiger charge is -2.28. The molecule has 0 spiro atoms. The molecule has 3 rings (SSSR count). The number of hydrogen-bond acceptors (Lipinski definition) is 4. The summed E-state index contributed by atoms with van der Waals surface area (Å²) in [7, 11) is 4.01. The van der Waals surface area contributed by atoms with Crippen LogP contribution >= 0.6 is 0 Å². The zero-order valence-electron chi connectivity index (χ0n) is 17.2. The van der Waals surface area contributed by atoms with Gasteiger partial charge in [0.2, 0.25) is 0 Å². The quantitative estimate of drug-likeness (QED) is 0.534. The lowest BCUT2D eigenvalue weighted by molar-refractivity contribution is -0.151. The number of hydrogen-bond donors (Lipinski definition) is 0. The standard InChI is InChI=1S/C25H27NO3/c1-4-29-25(28)24-22(20-8-6-5-7-9-20)16-19(17-23(24)27)11-10-18-12-14-21(15-13-18)26(2)3/h5-15,17,22,24H,4,16H2,1-3H3/b11-10-/t22-,24+/m1/s1. The number of carbonyl (C=O) groups is 2. The van der Waals surface area contributed by atoms with Crippen LogP contribution in [0, 0.1) is 5.92 Å². The van der Waals surface area contributed by atoms with Crippen LogP contribution < -0.4 is 4.90 Å². The number of esters is 1. The van der Waals surface area contributed by atoms with Crippen molar-refractivity contribution in [2.24, 2.45) is 5.92 Å². The van der Waals surface area contributed by atoms with Crippen molar-refractivity contribution in [1.29, 1.82) is 0 Å². The van der Waals surface area contributed by atoms with E-state index in [0.29, 0.717) is 6.42 Å². The van der Waals surface area contributed by atoms with Crippen molar-refractivity contribution >= 4 is 23.5 Å². The Hall–Kier alpha value is -3.14. The Bertz CT molecular complexity index is 911. The average molecular weight is 389 g/mol. The van der Waals surface area contributed by atoms with Gasteiger partial charge < -0.3 is 9.64 Å². The molecule has 150 valence electrons. The first-order valence-electron chi connectivity index (χ1n) is 9.91. The molecular weight excluding hydrogens is 362 g/mol. The fourth-order valence-corrected chi connectivity index (χ4v) is 3.63. The number of anilines is 1. The van der Waals surface area contributed by atoms with E-state index in [4.69, 9.17) is 4.74 Å². The third kappa shape index (κ3) is 5.02. The lowest BCUT2D eigenvalue weighted by Crippen LogP contribution is -2.34. The molecular formula is C25H27NO3. The number of ketones is 1. The van der Waals surface area contributed by atoms with Gasteiger partial charge in [0, 0.05) is 25.7 Å².